The Kier molecular flexibility index (Phi) is 5.16. The van der Waals surface area contributed by atoms with Crippen LogP contribution in [-0.4, -0.2) is 25.0 Å². The minimum atomic E-state index is -3.70. The lowest BCUT2D eigenvalue weighted by Crippen LogP contribution is -2.36. The molecule has 0 aliphatic carbocycles. The van der Waals surface area contributed by atoms with Gasteiger partial charge in [-0.3, -0.25) is 14.2 Å². The lowest BCUT2D eigenvalue weighted by Gasteiger charge is -2.34. The number of Topliss-reactive ketones (excluding diaryl/α,β-unsaturated/α-hetero) is 1. The molecule has 0 spiro atoms. The van der Waals surface area contributed by atoms with Crippen LogP contribution in [0.1, 0.15) is 32.0 Å². The number of ether oxygens (including phenoxy) is 1. The third kappa shape index (κ3) is 3.00. The largest absolute Gasteiger partial charge is 0.426 e. The van der Waals surface area contributed by atoms with E-state index in [0.29, 0.717) is 5.56 Å². The lowest BCUT2D eigenvalue weighted by atomic mass is 9.92. The third-order valence-corrected chi connectivity index (χ3v) is 5.91. The smallest absolute Gasteiger partial charge is 0.339 e. The maximum Gasteiger partial charge on any atom is 0.339 e. The minimum Gasteiger partial charge on any atom is -0.426 e. The normalized spacial score (nSPS) is 21.1. The van der Waals surface area contributed by atoms with Crippen molar-refractivity contribution in [1.29, 1.82) is 0 Å². The molecule has 1 aromatic carbocycles. The van der Waals surface area contributed by atoms with Gasteiger partial charge in [-0.2, -0.15) is 0 Å². The lowest BCUT2D eigenvalue weighted by molar-refractivity contribution is -0.145. The molecule has 0 saturated heterocycles. The van der Waals surface area contributed by atoms with Crippen LogP contribution in [-0.2, 0) is 23.2 Å². The van der Waals surface area contributed by atoms with E-state index in [9.17, 15) is 14.2 Å². The fourth-order valence-corrected chi connectivity index (χ4v) is 4.96. The summed E-state index contributed by atoms with van der Waals surface area (Å²) in [6, 6.07) is 6.69. The van der Waals surface area contributed by atoms with E-state index in [-0.39, 0.29) is 19.0 Å². The number of carbonyl (C=O) groups is 2. The Bertz CT molecular complexity index is 616. The van der Waals surface area contributed by atoms with Crippen LogP contribution in [0.4, 0.5) is 0 Å². The number of esters is 1. The van der Waals surface area contributed by atoms with Gasteiger partial charge < -0.3 is 13.8 Å². The number of hydrogen-bond donors (Lipinski definition) is 0. The van der Waals surface area contributed by atoms with Gasteiger partial charge in [0.1, 0.15) is 23.1 Å². The van der Waals surface area contributed by atoms with Crippen molar-refractivity contribution in [3.8, 4) is 5.75 Å². The third-order valence-electron chi connectivity index (χ3n) is 3.41. The highest BCUT2D eigenvalue weighted by Crippen LogP contribution is 2.66. The zero-order valence-corrected chi connectivity index (χ0v) is 13.7. The Morgan fingerprint density at radius 3 is 2.36 bits per heavy atom. The van der Waals surface area contributed by atoms with Crippen LogP contribution in [0.5, 0.6) is 5.75 Å². The first-order chi connectivity index (χ1) is 10.4. The summed E-state index contributed by atoms with van der Waals surface area (Å²) in [5.74, 6) is -2.06. The van der Waals surface area contributed by atoms with Crippen LogP contribution >= 0.6 is 7.60 Å². The fourth-order valence-electron chi connectivity index (χ4n) is 2.60. The van der Waals surface area contributed by atoms with Crippen LogP contribution in [0.3, 0.4) is 0 Å². The van der Waals surface area contributed by atoms with E-state index in [1.54, 1.807) is 38.1 Å². The molecule has 0 unspecified atom stereocenters. The molecule has 22 heavy (non-hydrogen) atoms. The summed E-state index contributed by atoms with van der Waals surface area (Å²) < 4.78 is 29.1. The van der Waals surface area contributed by atoms with Gasteiger partial charge in [0.15, 0.2) is 0 Å². The van der Waals surface area contributed by atoms with Crippen LogP contribution < -0.4 is 4.74 Å². The molecule has 1 aliphatic heterocycles. The molecule has 1 heterocycles. The molecule has 0 amide bonds. The summed E-state index contributed by atoms with van der Waals surface area (Å²) in [6.07, 6.45) is 0. The van der Waals surface area contributed by atoms with Crippen molar-refractivity contribution >= 4 is 19.3 Å². The van der Waals surface area contributed by atoms with Crippen molar-refractivity contribution in [3.63, 3.8) is 0 Å². The summed E-state index contributed by atoms with van der Waals surface area (Å²) in [5, 5.41) is 0. The van der Waals surface area contributed by atoms with Gasteiger partial charge in [0.05, 0.1) is 13.2 Å². The van der Waals surface area contributed by atoms with Crippen molar-refractivity contribution in [2.45, 2.75) is 26.4 Å². The number of carbonyl (C=O) groups excluding carboxylic acids is 2. The monoisotopic (exact) mass is 326 g/mol. The van der Waals surface area contributed by atoms with Crippen molar-refractivity contribution < 1.29 is 27.9 Å². The Balaban J connectivity index is 2.62. The second-order valence-electron chi connectivity index (χ2n) is 4.87. The summed E-state index contributed by atoms with van der Waals surface area (Å²) >= 11 is 0. The predicted molar refractivity (Wildman–Crippen MR) is 79.8 cm³/mol. The Hall–Kier alpha value is -1.49. The van der Waals surface area contributed by atoms with E-state index in [1.165, 1.54) is 6.92 Å². The van der Waals surface area contributed by atoms with Crippen LogP contribution in [0.2, 0.25) is 0 Å². The first-order valence-corrected chi connectivity index (χ1v) is 8.75. The summed E-state index contributed by atoms with van der Waals surface area (Å²) in [7, 11) is -3.70. The molecule has 0 N–H and O–H groups in total. The topological polar surface area (TPSA) is 78.9 Å². The van der Waals surface area contributed by atoms with Crippen molar-refractivity contribution in [2.75, 3.05) is 13.2 Å². The van der Waals surface area contributed by atoms with Crippen molar-refractivity contribution in [2.24, 2.45) is 5.92 Å². The Labute approximate surface area is 129 Å². The second kappa shape index (κ2) is 6.73. The summed E-state index contributed by atoms with van der Waals surface area (Å²) in [6.45, 7) is 4.93. The molecule has 0 radical (unpaired) electrons. The molecule has 1 aliphatic rings. The number of ketones is 1. The fraction of sp³-hybridized carbons (Fsp3) is 0.467. The molecule has 2 rings (SSSR count). The maximum absolute atomic E-state index is 13.2. The first kappa shape index (κ1) is 16.9. The SMILES string of the molecule is CCOP(=O)(OCC)[C@H]1c2ccccc2OC(=O)[C@@H]1C(C)=O. The average Bonchev–Trinajstić information content (AvgIpc) is 2.45. The molecular weight excluding hydrogens is 307 g/mol. The Morgan fingerprint density at radius 2 is 1.82 bits per heavy atom. The molecule has 0 saturated carbocycles. The maximum atomic E-state index is 13.2. The van der Waals surface area contributed by atoms with Crippen LogP contribution in [0, 0.1) is 5.92 Å². The van der Waals surface area contributed by atoms with Gasteiger partial charge >= 0.3 is 13.6 Å². The van der Waals surface area contributed by atoms with Gasteiger partial charge in [0.2, 0.25) is 0 Å². The van der Waals surface area contributed by atoms with Gasteiger partial charge in [0, 0.05) is 5.56 Å². The van der Waals surface area contributed by atoms with E-state index in [4.69, 9.17) is 13.8 Å². The van der Waals surface area contributed by atoms with Crippen LogP contribution in [0.15, 0.2) is 24.3 Å². The molecule has 6 nitrogen and oxygen atoms in total. The van der Waals surface area contributed by atoms with Gasteiger partial charge in [-0.1, -0.05) is 18.2 Å². The highest BCUT2D eigenvalue weighted by atomic mass is 31.2. The minimum absolute atomic E-state index is 0.148. The highest BCUT2D eigenvalue weighted by Gasteiger charge is 2.52. The summed E-state index contributed by atoms with van der Waals surface area (Å²) in [5.41, 5.74) is -0.491. The van der Waals surface area contributed by atoms with Crippen molar-refractivity contribution in [1.82, 2.24) is 0 Å². The van der Waals surface area contributed by atoms with E-state index in [1.807, 2.05) is 0 Å². The van der Waals surface area contributed by atoms with Gasteiger partial charge in [-0.15, -0.1) is 0 Å². The van der Waals surface area contributed by atoms with E-state index >= 15 is 0 Å². The number of para-hydroxylation sites is 1. The number of rotatable bonds is 6. The molecule has 120 valence electrons. The standard InChI is InChI=1S/C15H19O6P/c1-4-19-22(18,20-5-2)14-11-8-6-7-9-12(11)21-15(17)13(14)10(3)16/h6-9,13-14H,4-5H2,1-3H3/t13-,14+/m1/s1. The van der Waals surface area contributed by atoms with E-state index in [2.05, 4.69) is 0 Å². The highest BCUT2D eigenvalue weighted by molar-refractivity contribution is 7.54. The molecule has 2 atom stereocenters. The molecule has 0 fully saturated rings. The van der Waals surface area contributed by atoms with Gasteiger partial charge in [-0.05, 0) is 26.8 Å². The van der Waals surface area contributed by atoms with E-state index < -0.39 is 30.9 Å². The molecular formula is C15H19O6P. The zero-order valence-electron chi connectivity index (χ0n) is 12.8. The zero-order chi connectivity index (χ0) is 16.3. The second-order valence-corrected chi connectivity index (χ2v) is 7.02. The van der Waals surface area contributed by atoms with E-state index in [0.717, 1.165) is 0 Å². The average molecular weight is 326 g/mol. The molecule has 1 aromatic rings. The molecule has 0 bridgehead atoms. The first-order valence-electron chi connectivity index (χ1n) is 7.14. The van der Waals surface area contributed by atoms with Gasteiger partial charge in [0.25, 0.3) is 0 Å². The molecule has 7 heteroatoms. The predicted octanol–water partition coefficient (Wildman–Crippen LogP) is 3.12. The Morgan fingerprint density at radius 1 is 1.23 bits per heavy atom. The van der Waals surface area contributed by atoms with Crippen LogP contribution in [0.25, 0.3) is 0 Å². The number of hydrogen-bond acceptors (Lipinski definition) is 6. The van der Waals surface area contributed by atoms with Gasteiger partial charge in [-0.25, -0.2) is 0 Å². The number of benzene rings is 1. The van der Waals surface area contributed by atoms with Crippen molar-refractivity contribution in [3.05, 3.63) is 29.8 Å². The summed E-state index contributed by atoms with van der Waals surface area (Å²) in [4.78, 5) is 24.1. The quantitative estimate of drug-likeness (QED) is 0.346. The molecule has 0 aromatic heterocycles. The number of fused-ring (bicyclic) bond motifs is 1.